The maximum atomic E-state index is 5.88. The molecule has 2 aromatic rings. The van der Waals surface area contributed by atoms with Crippen LogP contribution in [-0.2, 0) is 6.42 Å². The smallest absolute Gasteiger partial charge is 0.106 e. The van der Waals surface area contributed by atoms with E-state index in [1.165, 1.54) is 12.8 Å². The number of hydrogen-bond acceptors (Lipinski definition) is 2. The van der Waals surface area contributed by atoms with E-state index >= 15 is 0 Å². The Kier molecular flexibility index (Phi) is 5.43. The second-order valence-corrected chi connectivity index (χ2v) is 5.14. The van der Waals surface area contributed by atoms with E-state index in [2.05, 4.69) is 9.97 Å². The zero-order valence-corrected chi connectivity index (χ0v) is 11.8. The fourth-order valence-electron chi connectivity index (χ4n) is 2.06. The summed E-state index contributed by atoms with van der Waals surface area (Å²) < 4.78 is 0. The molecule has 0 unspecified atom stereocenters. The number of imidazole rings is 1. The molecule has 0 saturated heterocycles. The van der Waals surface area contributed by atoms with Crippen LogP contribution in [0.25, 0.3) is 11.3 Å². The van der Waals surface area contributed by atoms with Crippen molar-refractivity contribution in [3.05, 3.63) is 41.3 Å². The molecule has 3 nitrogen and oxygen atoms in total. The molecule has 0 amide bonds. The van der Waals surface area contributed by atoms with Gasteiger partial charge in [0.15, 0.2) is 0 Å². The Balaban J connectivity index is 1.86. The average Bonchev–Trinajstić information content (AvgIpc) is 2.88. The highest BCUT2D eigenvalue weighted by atomic mass is 35.5. The van der Waals surface area contributed by atoms with Gasteiger partial charge < -0.3 is 10.7 Å². The summed E-state index contributed by atoms with van der Waals surface area (Å²) in [7, 11) is 0. The predicted molar refractivity (Wildman–Crippen MR) is 80.3 cm³/mol. The van der Waals surface area contributed by atoms with Crippen molar-refractivity contribution in [2.24, 2.45) is 5.73 Å². The maximum Gasteiger partial charge on any atom is 0.106 e. The third kappa shape index (κ3) is 4.37. The van der Waals surface area contributed by atoms with Crippen molar-refractivity contribution in [3.63, 3.8) is 0 Å². The standard InChI is InChI=1S/C15H20ClN3/c16-13-8-6-12(7-9-13)14-11-18-15(19-14)5-3-1-2-4-10-17/h6-9,11H,1-5,10,17H2,(H,18,19). The largest absolute Gasteiger partial charge is 0.342 e. The SMILES string of the molecule is NCCCCCCc1ncc(-c2ccc(Cl)cc2)[nH]1. The van der Waals surface area contributed by atoms with Crippen LogP contribution in [0.2, 0.25) is 5.02 Å². The zero-order valence-electron chi connectivity index (χ0n) is 11.0. The molecule has 19 heavy (non-hydrogen) atoms. The molecule has 1 aromatic carbocycles. The molecule has 1 heterocycles. The highest BCUT2D eigenvalue weighted by Crippen LogP contribution is 2.20. The summed E-state index contributed by atoms with van der Waals surface area (Å²) in [5.41, 5.74) is 7.64. The molecule has 0 aliphatic carbocycles. The number of H-pyrrole nitrogens is 1. The lowest BCUT2D eigenvalue weighted by Gasteiger charge is -1.99. The molecule has 0 bridgehead atoms. The van der Waals surface area contributed by atoms with Crippen LogP contribution in [0.3, 0.4) is 0 Å². The molecule has 3 N–H and O–H groups in total. The number of aromatic nitrogens is 2. The molecular weight excluding hydrogens is 258 g/mol. The van der Waals surface area contributed by atoms with E-state index in [0.29, 0.717) is 0 Å². The fraction of sp³-hybridized carbons (Fsp3) is 0.400. The lowest BCUT2D eigenvalue weighted by atomic mass is 10.1. The number of benzene rings is 1. The number of nitrogens with two attached hydrogens (primary N) is 1. The highest BCUT2D eigenvalue weighted by molar-refractivity contribution is 6.30. The Bertz CT molecular complexity index is 490. The van der Waals surface area contributed by atoms with Gasteiger partial charge in [-0.15, -0.1) is 0 Å². The molecule has 0 fully saturated rings. The number of unbranched alkanes of at least 4 members (excludes halogenated alkanes) is 3. The van der Waals surface area contributed by atoms with Gasteiger partial charge >= 0.3 is 0 Å². The van der Waals surface area contributed by atoms with Crippen molar-refractivity contribution in [3.8, 4) is 11.3 Å². The molecule has 0 spiro atoms. The quantitative estimate of drug-likeness (QED) is 0.757. The highest BCUT2D eigenvalue weighted by Gasteiger charge is 2.03. The van der Waals surface area contributed by atoms with E-state index in [9.17, 15) is 0 Å². The number of aromatic amines is 1. The van der Waals surface area contributed by atoms with Crippen molar-refractivity contribution in [1.82, 2.24) is 9.97 Å². The van der Waals surface area contributed by atoms with Gasteiger partial charge in [-0.3, -0.25) is 0 Å². The Morgan fingerprint density at radius 3 is 2.53 bits per heavy atom. The summed E-state index contributed by atoms with van der Waals surface area (Å²) in [5.74, 6) is 1.05. The zero-order chi connectivity index (χ0) is 13.5. The molecule has 0 atom stereocenters. The van der Waals surface area contributed by atoms with Gasteiger partial charge in [0.1, 0.15) is 5.82 Å². The van der Waals surface area contributed by atoms with Crippen molar-refractivity contribution in [2.45, 2.75) is 32.1 Å². The predicted octanol–water partition coefficient (Wildman–Crippen LogP) is 3.79. The molecular formula is C15H20ClN3. The first-order valence-electron chi connectivity index (χ1n) is 6.79. The van der Waals surface area contributed by atoms with E-state index in [4.69, 9.17) is 17.3 Å². The van der Waals surface area contributed by atoms with Crippen molar-refractivity contribution < 1.29 is 0 Å². The summed E-state index contributed by atoms with van der Waals surface area (Å²) in [4.78, 5) is 7.78. The molecule has 0 aliphatic heterocycles. The minimum atomic E-state index is 0.753. The van der Waals surface area contributed by atoms with Gasteiger partial charge in [0.25, 0.3) is 0 Å². The number of rotatable bonds is 7. The summed E-state index contributed by atoms with van der Waals surface area (Å²) >= 11 is 5.88. The second kappa shape index (κ2) is 7.31. The van der Waals surface area contributed by atoms with Gasteiger partial charge in [0, 0.05) is 11.4 Å². The topological polar surface area (TPSA) is 54.7 Å². The van der Waals surface area contributed by atoms with Gasteiger partial charge in [-0.2, -0.15) is 0 Å². The van der Waals surface area contributed by atoms with Crippen molar-refractivity contribution in [2.75, 3.05) is 6.54 Å². The van der Waals surface area contributed by atoms with Gasteiger partial charge in [-0.1, -0.05) is 36.6 Å². The van der Waals surface area contributed by atoms with Gasteiger partial charge in [0.05, 0.1) is 11.9 Å². The summed E-state index contributed by atoms with van der Waals surface area (Å²) in [6.07, 6.45) is 7.59. The van der Waals surface area contributed by atoms with E-state index in [0.717, 1.165) is 47.9 Å². The number of aryl methyl sites for hydroxylation is 1. The van der Waals surface area contributed by atoms with Gasteiger partial charge in [-0.05, 0) is 37.1 Å². The Morgan fingerprint density at radius 2 is 1.79 bits per heavy atom. The Morgan fingerprint density at radius 1 is 1.05 bits per heavy atom. The lowest BCUT2D eigenvalue weighted by molar-refractivity contribution is 0.638. The Hall–Kier alpha value is -1.32. The summed E-state index contributed by atoms with van der Waals surface area (Å²) in [5, 5.41) is 0.753. The molecule has 0 radical (unpaired) electrons. The maximum absolute atomic E-state index is 5.88. The van der Waals surface area contributed by atoms with Crippen LogP contribution in [0.4, 0.5) is 0 Å². The van der Waals surface area contributed by atoms with Crippen LogP contribution in [0.1, 0.15) is 31.5 Å². The molecule has 4 heteroatoms. The molecule has 102 valence electrons. The average molecular weight is 278 g/mol. The first-order chi connectivity index (χ1) is 9.29. The third-order valence-corrected chi connectivity index (χ3v) is 3.40. The normalized spacial score (nSPS) is 10.8. The number of hydrogen-bond donors (Lipinski definition) is 2. The number of nitrogens with zero attached hydrogens (tertiary/aromatic N) is 1. The fourth-order valence-corrected chi connectivity index (χ4v) is 2.18. The molecule has 0 aliphatic rings. The number of halogens is 1. The molecule has 0 saturated carbocycles. The van der Waals surface area contributed by atoms with Crippen molar-refractivity contribution in [1.29, 1.82) is 0 Å². The van der Waals surface area contributed by atoms with E-state index in [1.54, 1.807) is 0 Å². The van der Waals surface area contributed by atoms with Crippen LogP contribution in [0, 0.1) is 0 Å². The second-order valence-electron chi connectivity index (χ2n) is 4.70. The van der Waals surface area contributed by atoms with E-state index in [1.807, 2.05) is 30.5 Å². The van der Waals surface area contributed by atoms with Crippen LogP contribution >= 0.6 is 11.6 Å². The first kappa shape index (κ1) is 14.1. The summed E-state index contributed by atoms with van der Waals surface area (Å²) in [6, 6.07) is 7.79. The monoisotopic (exact) mass is 277 g/mol. The van der Waals surface area contributed by atoms with Gasteiger partial charge in [-0.25, -0.2) is 4.98 Å². The van der Waals surface area contributed by atoms with Crippen LogP contribution in [-0.4, -0.2) is 16.5 Å². The molecule has 1 aromatic heterocycles. The van der Waals surface area contributed by atoms with Crippen molar-refractivity contribution >= 4 is 11.6 Å². The van der Waals surface area contributed by atoms with E-state index < -0.39 is 0 Å². The minimum absolute atomic E-state index is 0.753. The summed E-state index contributed by atoms with van der Waals surface area (Å²) in [6.45, 7) is 0.793. The van der Waals surface area contributed by atoms with Gasteiger partial charge in [0.2, 0.25) is 0 Å². The minimum Gasteiger partial charge on any atom is -0.342 e. The molecule has 2 rings (SSSR count). The Labute approximate surface area is 119 Å². The lowest BCUT2D eigenvalue weighted by Crippen LogP contribution is -1.98. The van der Waals surface area contributed by atoms with Crippen LogP contribution < -0.4 is 5.73 Å². The third-order valence-electron chi connectivity index (χ3n) is 3.15. The first-order valence-corrected chi connectivity index (χ1v) is 7.17. The van der Waals surface area contributed by atoms with Crippen LogP contribution in [0.5, 0.6) is 0 Å². The van der Waals surface area contributed by atoms with Crippen LogP contribution in [0.15, 0.2) is 30.5 Å². The van der Waals surface area contributed by atoms with E-state index in [-0.39, 0.29) is 0 Å². The number of nitrogens with one attached hydrogen (secondary N) is 1.